The summed E-state index contributed by atoms with van der Waals surface area (Å²) in [7, 11) is 0. The van der Waals surface area contributed by atoms with Crippen molar-refractivity contribution < 1.29 is 29.0 Å². The van der Waals surface area contributed by atoms with Crippen LogP contribution in [0, 0.1) is 0 Å². The largest absolute Gasteiger partial charge is 0.524 e. The average Bonchev–Trinajstić information content (AvgIpc) is 1.87. The van der Waals surface area contributed by atoms with Gasteiger partial charge < -0.3 is 27.8 Å². The summed E-state index contributed by atoms with van der Waals surface area (Å²) in [6.07, 6.45) is -0.448. The molecule has 12 heavy (non-hydrogen) atoms. The molecule has 0 aliphatic rings. The van der Waals surface area contributed by atoms with E-state index in [0.717, 1.165) is 0 Å². The van der Waals surface area contributed by atoms with Crippen LogP contribution in [0.4, 0.5) is 0 Å². The summed E-state index contributed by atoms with van der Waals surface area (Å²) in [5, 5.41) is 2.51. The van der Waals surface area contributed by atoms with Crippen molar-refractivity contribution in [3.8, 4) is 0 Å². The molecule has 0 bridgehead atoms. The summed E-state index contributed by atoms with van der Waals surface area (Å²) in [5.41, 5.74) is 2.60. The quantitative estimate of drug-likeness (QED) is 0.157. The topological polar surface area (TPSA) is 38.3 Å². The van der Waals surface area contributed by atoms with Gasteiger partial charge in [0.2, 0.25) is 0 Å². The summed E-state index contributed by atoms with van der Waals surface area (Å²) in [5.74, 6) is -0.435. The Morgan fingerprint density at radius 3 is 2.58 bits per heavy atom. The summed E-state index contributed by atoms with van der Waals surface area (Å²) in [6, 6.07) is 0. The molecular formula is C7H10NO2RhS-. The number of ether oxygens (including phenoxy) is 1. The van der Waals surface area contributed by atoms with Crippen LogP contribution in [0.3, 0.4) is 0 Å². The van der Waals surface area contributed by atoms with E-state index in [9.17, 15) is 4.79 Å². The third-order valence-corrected chi connectivity index (χ3v) is 1.01. The fourth-order valence-corrected chi connectivity index (χ4v) is 0.540. The van der Waals surface area contributed by atoms with Crippen LogP contribution >= 0.6 is 12.2 Å². The Kier molecular flexibility index (Phi) is 8.77. The number of hydrogen-bond donors (Lipinski definition) is 1. The SMILES string of the molecule is C=C(C)C(=O)OC(C)N[C-]=S.[Rh]. The standard InChI is InChI=1S/C7H10NO2S.Rh/c1-5(2)7(9)10-6(3)8-4-11;/h6H,1H2,2-3H3,(H,8,11);/q-1;. The minimum absolute atomic E-state index is 0. The number of hydrogen-bond acceptors (Lipinski definition) is 3. The van der Waals surface area contributed by atoms with Gasteiger partial charge in [-0.1, -0.05) is 6.58 Å². The van der Waals surface area contributed by atoms with E-state index >= 15 is 0 Å². The first-order valence-electron chi connectivity index (χ1n) is 3.07. The van der Waals surface area contributed by atoms with Gasteiger partial charge in [0.15, 0.2) is 0 Å². The van der Waals surface area contributed by atoms with Gasteiger partial charge in [-0.25, -0.2) is 4.79 Å². The zero-order chi connectivity index (χ0) is 8.85. The number of esters is 1. The van der Waals surface area contributed by atoms with E-state index in [1.807, 2.05) is 0 Å². The Morgan fingerprint density at radius 2 is 2.25 bits per heavy atom. The van der Waals surface area contributed by atoms with E-state index in [4.69, 9.17) is 4.74 Å². The molecule has 1 unspecified atom stereocenters. The summed E-state index contributed by atoms with van der Waals surface area (Å²) in [6.45, 7) is 6.65. The van der Waals surface area contributed by atoms with Crippen LogP contribution in [0.1, 0.15) is 13.8 Å². The van der Waals surface area contributed by atoms with E-state index in [1.165, 1.54) is 0 Å². The Balaban J connectivity index is 0. The summed E-state index contributed by atoms with van der Waals surface area (Å²) in [4.78, 5) is 10.8. The van der Waals surface area contributed by atoms with Crippen molar-refractivity contribution >= 4 is 23.7 Å². The van der Waals surface area contributed by atoms with Crippen LogP contribution in [0.15, 0.2) is 12.2 Å². The predicted molar refractivity (Wildman–Crippen MR) is 46.1 cm³/mol. The molecule has 0 aromatic rings. The monoisotopic (exact) mass is 275 g/mol. The number of nitrogens with one attached hydrogen (secondary N) is 1. The van der Waals surface area contributed by atoms with Crippen molar-refractivity contribution in [2.75, 3.05) is 0 Å². The molecule has 0 aliphatic carbocycles. The molecule has 0 rings (SSSR count). The maximum absolute atomic E-state index is 10.8. The van der Waals surface area contributed by atoms with Gasteiger partial charge in [0.25, 0.3) is 0 Å². The normalized spacial score (nSPS) is 10.5. The molecule has 3 nitrogen and oxygen atoms in total. The first-order valence-corrected chi connectivity index (χ1v) is 3.48. The Morgan fingerprint density at radius 1 is 1.75 bits per heavy atom. The van der Waals surface area contributed by atoms with E-state index in [0.29, 0.717) is 5.57 Å². The third-order valence-electron chi connectivity index (χ3n) is 0.894. The van der Waals surface area contributed by atoms with Gasteiger partial charge in [-0.15, -0.1) is 0 Å². The van der Waals surface area contributed by atoms with Crippen molar-refractivity contribution in [1.82, 2.24) is 5.32 Å². The molecule has 0 aliphatic heterocycles. The zero-order valence-corrected chi connectivity index (χ0v) is 9.30. The maximum atomic E-state index is 10.8. The number of rotatable bonds is 4. The minimum atomic E-state index is -0.448. The Hall–Kier alpha value is -0.277. The van der Waals surface area contributed by atoms with Gasteiger partial charge >= 0.3 is 5.97 Å². The maximum Gasteiger partial charge on any atom is 0.334 e. The average molecular weight is 275 g/mol. The predicted octanol–water partition coefficient (Wildman–Crippen LogP) is 0.873. The van der Waals surface area contributed by atoms with Gasteiger partial charge in [0.1, 0.15) is 6.23 Å². The molecule has 1 N–H and O–H groups in total. The van der Waals surface area contributed by atoms with Gasteiger partial charge in [-0.2, -0.15) is 0 Å². The van der Waals surface area contributed by atoms with Gasteiger partial charge in [-0.3, -0.25) is 0 Å². The number of carbonyl (C=O) groups excluding carboxylic acids is 1. The van der Waals surface area contributed by atoms with E-state index in [1.54, 1.807) is 13.8 Å². The molecular weight excluding hydrogens is 265 g/mol. The van der Waals surface area contributed by atoms with E-state index in [2.05, 4.69) is 29.6 Å². The van der Waals surface area contributed by atoms with Crippen molar-refractivity contribution in [2.45, 2.75) is 20.1 Å². The second-order valence-electron chi connectivity index (χ2n) is 2.07. The molecule has 0 fully saturated rings. The van der Waals surface area contributed by atoms with Crippen LogP contribution in [0.2, 0.25) is 0 Å². The van der Waals surface area contributed by atoms with Crippen molar-refractivity contribution in [3.63, 3.8) is 0 Å². The van der Waals surface area contributed by atoms with Crippen LogP contribution in [0.25, 0.3) is 0 Å². The smallest absolute Gasteiger partial charge is 0.334 e. The first kappa shape index (κ1) is 14.3. The molecule has 5 heteroatoms. The fraction of sp³-hybridized carbons (Fsp3) is 0.429. The van der Waals surface area contributed by atoms with Crippen LogP contribution in [-0.2, 0) is 29.0 Å². The molecule has 71 valence electrons. The van der Waals surface area contributed by atoms with E-state index in [-0.39, 0.29) is 19.5 Å². The molecule has 0 aromatic carbocycles. The van der Waals surface area contributed by atoms with Gasteiger partial charge in [-0.05, 0) is 13.8 Å². The molecule has 0 amide bonds. The summed E-state index contributed by atoms with van der Waals surface area (Å²) >= 11 is 4.37. The molecule has 0 spiro atoms. The van der Waals surface area contributed by atoms with E-state index < -0.39 is 12.2 Å². The molecule has 0 saturated heterocycles. The Labute approximate surface area is 90.3 Å². The van der Waals surface area contributed by atoms with Crippen LogP contribution < -0.4 is 5.32 Å². The van der Waals surface area contributed by atoms with Gasteiger partial charge in [0, 0.05) is 25.1 Å². The number of thiocarbonyl (C=S) groups is 1. The Bertz CT molecular complexity index is 184. The molecule has 0 heterocycles. The van der Waals surface area contributed by atoms with Crippen LogP contribution in [0.5, 0.6) is 0 Å². The number of carbonyl (C=O) groups is 1. The van der Waals surface area contributed by atoms with Crippen LogP contribution in [-0.4, -0.2) is 17.7 Å². The molecule has 1 radical (unpaired) electrons. The third kappa shape index (κ3) is 6.43. The van der Waals surface area contributed by atoms with Crippen molar-refractivity contribution in [1.29, 1.82) is 0 Å². The van der Waals surface area contributed by atoms with Crippen molar-refractivity contribution in [3.05, 3.63) is 12.2 Å². The van der Waals surface area contributed by atoms with Gasteiger partial charge in [0.05, 0.1) is 0 Å². The molecule has 1 atom stereocenters. The zero-order valence-electron chi connectivity index (χ0n) is 6.84. The second kappa shape index (κ2) is 7.38. The van der Waals surface area contributed by atoms with Crippen molar-refractivity contribution in [2.24, 2.45) is 0 Å². The second-order valence-corrected chi connectivity index (χ2v) is 2.28. The fourth-order valence-electron chi connectivity index (χ4n) is 0.374. The minimum Gasteiger partial charge on any atom is -0.524 e. The molecule has 0 aromatic heterocycles. The summed E-state index contributed by atoms with van der Waals surface area (Å²) < 4.78 is 4.77. The molecule has 0 saturated carbocycles. The first-order chi connectivity index (χ1) is 5.07.